The Kier molecular flexibility index (Phi) is 3.30. The fraction of sp³-hybridized carbons (Fsp3) is 0.769. The van der Waals surface area contributed by atoms with Gasteiger partial charge in [0.05, 0.1) is 6.04 Å². The summed E-state index contributed by atoms with van der Waals surface area (Å²) in [6.45, 7) is 7.53. The zero-order valence-electron chi connectivity index (χ0n) is 11.8. The summed E-state index contributed by atoms with van der Waals surface area (Å²) in [5, 5.41) is 18.0. The summed E-state index contributed by atoms with van der Waals surface area (Å²) in [4.78, 5) is 0.908. The van der Waals surface area contributed by atoms with Gasteiger partial charge in [0.25, 0.3) is 0 Å². The minimum atomic E-state index is -0.0261. The summed E-state index contributed by atoms with van der Waals surface area (Å²) >= 11 is 1.67. The van der Waals surface area contributed by atoms with Crippen LogP contribution in [0.2, 0.25) is 0 Å². The number of hydrogen-bond donors (Lipinski definition) is 1. The van der Waals surface area contributed by atoms with E-state index in [0.29, 0.717) is 6.04 Å². The van der Waals surface area contributed by atoms with Gasteiger partial charge in [-0.15, -0.1) is 10.2 Å². The molecule has 1 fully saturated rings. The van der Waals surface area contributed by atoms with Crippen molar-refractivity contribution in [3.05, 3.63) is 10.8 Å². The highest BCUT2D eigenvalue weighted by Crippen LogP contribution is 2.29. The Hall–Kier alpha value is -1.01. The minimum absolute atomic E-state index is 0.0261. The molecule has 0 aromatic carbocycles. The Morgan fingerprint density at radius 1 is 1.21 bits per heavy atom. The molecule has 3 rings (SSSR count). The van der Waals surface area contributed by atoms with Crippen LogP contribution in [0.25, 0.3) is 4.96 Å². The Labute approximate surface area is 117 Å². The maximum Gasteiger partial charge on any atom is 0.234 e. The van der Waals surface area contributed by atoms with Gasteiger partial charge in [-0.1, -0.05) is 44.9 Å². The predicted molar refractivity (Wildman–Crippen MR) is 76.6 cm³/mol. The van der Waals surface area contributed by atoms with Crippen LogP contribution in [0.4, 0.5) is 0 Å². The molecule has 1 saturated heterocycles. The largest absolute Gasteiger partial charge is 0.308 e. The van der Waals surface area contributed by atoms with Gasteiger partial charge in [-0.3, -0.25) is 0 Å². The highest BCUT2D eigenvalue weighted by atomic mass is 32.1. The predicted octanol–water partition coefficient (Wildman–Crippen LogP) is 2.69. The lowest BCUT2D eigenvalue weighted by molar-refractivity contribution is 0.506. The fourth-order valence-corrected chi connectivity index (χ4v) is 3.43. The second-order valence-electron chi connectivity index (χ2n) is 6.26. The summed E-state index contributed by atoms with van der Waals surface area (Å²) in [5.41, 5.74) is -0.0261. The number of nitrogens with one attached hydrogen (secondary N) is 1. The quantitative estimate of drug-likeness (QED) is 0.872. The monoisotopic (exact) mass is 279 g/mol. The van der Waals surface area contributed by atoms with Gasteiger partial charge in [0, 0.05) is 5.41 Å². The van der Waals surface area contributed by atoms with Gasteiger partial charge in [-0.2, -0.15) is 9.61 Å². The van der Waals surface area contributed by atoms with Crippen LogP contribution in [0.5, 0.6) is 0 Å². The van der Waals surface area contributed by atoms with Crippen molar-refractivity contribution in [1.82, 2.24) is 25.1 Å². The van der Waals surface area contributed by atoms with Crippen LogP contribution in [-0.4, -0.2) is 26.4 Å². The van der Waals surface area contributed by atoms with Crippen LogP contribution in [0.15, 0.2) is 0 Å². The van der Waals surface area contributed by atoms with E-state index >= 15 is 0 Å². The van der Waals surface area contributed by atoms with E-state index in [1.807, 2.05) is 4.52 Å². The van der Waals surface area contributed by atoms with Crippen LogP contribution < -0.4 is 5.32 Å². The molecule has 19 heavy (non-hydrogen) atoms. The molecule has 6 heteroatoms. The first-order valence-corrected chi connectivity index (χ1v) is 7.83. The Balaban J connectivity index is 1.95. The van der Waals surface area contributed by atoms with Crippen molar-refractivity contribution in [1.29, 1.82) is 0 Å². The second-order valence-corrected chi connectivity index (χ2v) is 7.25. The van der Waals surface area contributed by atoms with E-state index in [1.165, 1.54) is 25.7 Å². The molecule has 2 aromatic heterocycles. The van der Waals surface area contributed by atoms with E-state index in [1.54, 1.807) is 11.3 Å². The smallest absolute Gasteiger partial charge is 0.234 e. The molecule has 0 spiro atoms. The number of aromatic nitrogens is 4. The molecular formula is C13H21N5S. The van der Waals surface area contributed by atoms with Gasteiger partial charge in [0.2, 0.25) is 4.96 Å². The molecule has 1 aliphatic heterocycles. The average molecular weight is 279 g/mol. The summed E-state index contributed by atoms with van der Waals surface area (Å²) in [7, 11) is 0. The third-order valence-electron chi connectivity index (χ3n) is 3.54. The normalized spacial score (nSPS) is 21.7. The van der Waals surface area contributed by atoms with Crippen LogP contribution in [0, 0.1) is 0 Å². The van der Waals surface area contributed by atoms with Gasteiger partial charge in [-0.05, 0) is 19.4 Å². The van der Waals surface area contributed by atoms with Crippen molar-refractivity contribution in [3.8, 4) is 0 Å². The SMILES string of the molecule is CC(C)(C)c1nnc2sc(C3CCCCCN3)nn12. The molecule has 3 heterocycles. The molecule has 5 nitrogen and oxygen atoms in total. The van der Waals surface area contributed by atoms with Crippen molar-refractivity contribution in [2.75, 3.05) is 6.54 Å². The number of fused-ring (bicyclic) bond motifs is 1. The first kappa shape index (κ1) is 13.0. The van der Waals surface area contributed by atoms with Gasteiger partial charge < -0.3 is 5.32 Å². The Morgan fingerprint density at radius 2 is 2.05 bits per heavy atom. The summed E-state index contributed by atoms with van der Waals surface area (Å²) in [6.07, 6.45) is 5.05. The number of hydrogen-bond acceptors (Lipinski definition) is 5. The number of nitrogens with zero attached hydrogens (tertiary/aromatic N) is 4. The zero-order chi connectivity index (χ0) is 13.5. The van der Waals surface area contributed by atoms with Crippen molar-refractivity contribution in [2.24, 2.45) is 0 Å². The van der Waals surface area contributed by atoms with E-state index in [9.17, 15) is 0 Å². The van der Waals surface area contributed by atoms with Gasteiger partial charge >= 0.3 is 0 Å². The highest BCUT2D eigenvalue weighted by molar-refractivity contribution is 7.16. The van der Waals surface area contributed by atoms with E-state index < -0.39 is 0 Å². The summed E-state index contributed by atoms with van der Waals surface area (Å²) in [6, 6.07) is 0.391. The minimum Gasteiger partial charge on any atom is -0.308 e. The van der Waals surface area contributed by atoms with Crippen LogP contribution in [-0.2, 0) is 5.41 Å². The molecule has 0 bridgehead atoms. The van der Waals surface area contributed by atoms with Crippen molar-refractivity contribution < 1.29 is 0 Å². The lowest BCUT2D eigenvalue weighted by Gasteiger charge is -2.14. The molecule has 1 atom stereocenters. The highest BCUT2D eigenvalue weighted by Gasteiger charge is 2.25. The molecule has 104 valence electrons. The Morgan fingerprint density at radius 3 is 2.84 bits per heavy atom. The van der Waals surface area contributed by atoms with Crippen LogP contribution >= 0.6 is 11.3 Å². The van der Waals surface area contributed by atoms with E-state index in [0.717, 1.165) is 22.3 Å². The first-order valence-electron chi connectivity index (χ1n) is 7.02. The van der Waals surface area contributed by atoms with Crippen LogP contribution in [0.3, 0.4) is 0 Å². The molecule has 0 radical (unpaired) electrons. The van der Waals surface area contributed by atoms with Gasteiger partial charge in [-0.25, -0.2) is 0 Å². The molecule has 2 aromatic rings. The maximum absolute atomic E-state index is 4.75. The second kappa shape index (κ2) is 4.83. The summed E-state index contributed by atoms with van der Waals surface area (Å²) in [5.74, 6) is 0.943. The third kappa shape index (κ3) is 2.51. The van der Waals surface area contributed by atoms with Crippen LogP contribution in [0.1, 0.15) is 63.3 Å². The standard InChI is InChI=1S/C13H21N5S/c1-13(2,3)11-15-16-12-18(11)17-10(19-12)9-7-5-4-6-8-14-9/h9,14H,4-8H2,1-3H3. The maximum atomic E-state index is 4.75. The number of rotatable bonds is 1. The van der Waals surface area contributed by atoms with Gasteiger partial charge in [0.15, 0.2) is 5.82 Å². The zero-order valence-corrected chi connectivity index (χ0v) is 12.6. The molecule has 1 unspecified atom stereocenters. The van der Waals surface area contributed by atoms with Crippen molar-refractivity contribution >= 4 is 16.3 Å². The first-order chi connectivity index (χ1) is 9.05. The van der Waals surface area contributed by atoms with E-state index in [-0.39, 0.29) is 5.41 Å². The fourth-order valence-electron chi connectivity index (χ4n) is 2.48. The Bertz CT molecular complexity index is 557. The molecule has 0 amide bonds. The van der Waals surface area contributed by atoms with E-state index in [4.69, 9.17) is 5.10 Å². The third-order valence-corrected chi connectivity index (χ3v) is 4.55. The molecule has 0 aliphatic carbocycles. The lowest BCUT2D eigenvalue weighted by atomic mass is 9.96. The molecular weight excluding hydrogens is 258 g/mol. The van der Waals surface area contributed by atoms with Crippen molar-refractivity contribution in [3.63, 3.8) is 0 Å². The molecule has 0 saturated carbocycles. The van der Waals surface area contributed by atoms with E-state index in [2.05, 4.69) is 36.3 Å². The molecule has 1 N–H and O–H groups in total. The topological polar surface area (TPSA) is 55.1 Å². The average Bonchev–Trinajstić information content (AvgIpc) is 2.78. The lowest BCUT2D eigenvalue weighted by Crippen LogP contribution is -2.21. The van der Waals surface area contributed by atoms with Gasteiger partial charge in [0.1, 0.15) is 5.01 Å². The molecule has 1 aliphatic rings. The van der Waals surface area contributed by atoms with Crippen molar-refractivity contribution in [2.45, 2.75) is 57.9 Å². The summed E-state index contributed by atoms with van der Waals surface area (Å²) < 4.78 is 1.92.